The monoisotopic (exact) mass is 264 g/mol. The Bertz CT molecular complexity index is 340. The van der Waals surface area contributed by atoms with Crippen molar-refractivity contribution in [3.05, 3.63) is 35.9 Å². The van der Waals surface area contributed by atoms with Crippen LogP contribution in [-0.4, -0.2) is 37.2 Å². The van der Waals surface area contributed by atoms with Crippen molar-refractivity contribution in [2.24, 2.45) is 5.73 Å². The maximum atomic E-state index is 6.48. The molecule has 0 spiro atoms. The van der Waals surface area contributed by atoms with Crippen LogP contribution in [0.2, 0.25) is 0 Å². The molecule has 0 aliphatic rings. The van der Waals surface area contributed by atoms with E-state index in [0.29, 0.717) is 12.1 Å². The summed E-state index contributed by atoms with van der Waals surface area (Å²) >= 11 is 0. The average Bonchev–Trinajstić information content (AvgIpc) is 2.43. The van der Waals surface area contributed by atoms with Crippen molar-refractivity contribution in [3.8, 4) is 0 Å². The van der Waals surface area contributed by atoms with Gasteiger partial charge >= 0.3 is 0 Å². The second-order valence-corrected chi connectivity index (χ2v) is 5.24. The Morgan fingerprint density at radius 3 is 2.32 bits per heavy atom. The minimum atomic E-state index is 0.0467. The minimum Gasteiger partial charge on any atom is -0.383 e. The number of nitrogens with two attached hydrogens (primary N) is 1. The number of rotatable bonds is 8. The Morgan fingerprint density at radius 1 is 1.21 bits per heavy atom. The molecule has 3 heteroatoms. The largest absolute Gasteiger partial charge is 0.383 e. The predicted octanol–water partition coefficient (Wildman–Crippen LogP) is 2.82. The highest BCUT2D eigenvalue weighted by Gasteiger charge is 2.26. The van der Waals surface area contributed by atoms with Gasteiger partial charge in [-0.2, -0.15) is 0 Å². The van der Waals surface area contributed by atoms with Crippen molar-refractivity contribution in [3.63, 3.8) is 0 Å². The molecule has 1 aromatic carbocycles. The lowest BCUT2D eigenvalue weighted by molar-refractivity contribution is 0.0820. The maximum Gasteiger partial charge on any atom is 0.0589 e. The van der Waals surface area contributed by atoms with Gasteiger partial charge in [0.05, 0.1) is 6.61 Å². The van der Waals surface area contributed by atoms with E-state index in [4.69, 9.17) is 10.5 Å². The van der Waals surface area contributed by atoms with E-state index in [1.807, 2.05) is 6.07 Å². The van der Waals surface area contributed by atoms with E-state index in [2.05, 4.69) is 49.9 Å². The lowest BCUT2D eigenvalue weighted by Gasteiger charge is -2.38. The normalized spacial score (nSPS) is 14.9. The molecule has 0 heterocycles. The van der Waals surface area contributed by atoms with Crippen LogP contribution >= 0.6 is 0 Å². The first-order valence-electron chi connectivity index (χ1n) is 7.17. The summed E-state index contributed by atoms with van der Waals surface area (Å²) in [4.78, 5) is 2.45. The van der Waals surface area contributed by atoms with Gasteiger partial charge in [-0.25, -0.2) is 0 Å². The fraction of sp³-hybridized carbons (Fsp3) is 0.625. The van der Waals surface area contributed by atoms with E-state index in [0.717, 1.165) is 19.6 Å². The topological polar surface area (TPSA) is 38.5 Å². The molecule has 2 N–H and O–H groups in total. The zero-order valence-electron chi connectivity index (χ0n) is 12.7. The second-order valence-electron chi connectivity index (χ2n) is 5.24. The highest BCUT2D eigenvalue weighted by molar-refractivity contribution is 5.20. The molecule has 2 atom stereocenters. The van der Waals surface area contributed by atoms with Crippen molar-refractivity contribution >= 4 is 0 Å². The molecule has 0 amide bonds. The Kier molecular flexibility index (Phi) is 7.06. The van der Waals surface area contributed by atoms with Crippen LogP contribution < -0.4 is 5.73 Å². The first-order chi connectivity index (χ1) is 9.11. The molecule has 0 saturated heterocycles. The molecule has 1 rings (SSSR count). The highest BCUT2D eigenvalue weighted by Crippen LogP contribution is 2.22. The Balaban J connectivity index is 2.84. The van der Waals surface area contributed by atoms with E-state index >= 15 is 0 Å². The van der Waals surface area contributed by atoms with E-state index < -0.39 is 0 Å². The molecule has 2 unspecified atom stereocenters. The number of benzene rings is 1. The zero-order chi connectivity index (χ0) is 14.3. The number of hydrogen-bond acceptors (Lipinski definition) is 3. The summed E-state index contributed by atoms with van der Waals surface area (Å²) in [5, 5.41) is 0. The predicted molar refractivity (Wildman–Crippen MR) is 81.2 cm³/mol. The van der Waals surface area contributed by atoms with Gasteiger partial charge in [-0.3, -0.25) is 4.90 Å². The first-order valence-corrected chi connectivity index (χ1v) is 7.17. The molecule has 3 nitrogen and oxygen atoms in total. The van der Waals surface area contributed by atoms with Crippen molar-refractivity contribution in [1.82, 2.24) is 4.90 Å². The van der Waals surface area contributed by atoms with Crippen LogP contribution in [0.5, 0.6) is 0 Å². The lowest BCUT2D eigenvalue weighted by atomic mass is 9.96. The van der Waals surface area contributed by atoms with Crippen LogP contribution in [0.15, 0.2) is 30.3 Å². The fourth-order valence-corrected chi connectivity index (χ4v) is 2.60. The Morgan fingerprint density at radius 2 is 1.84 bits per heavy atom. The van der Waals surface area contributed by atoms with Crippen molar-refractivity contribution in [2.75, 3.05) is 20.3 Å². The average molecular weight is 264 g/mol. The summed E-state index contributed by atoms with van der Waals surface area (Å²) in [5.41, 5.74) is 7.68. The van der Waals surface area contributed by atoms with Gasteiger partial charge < -0.3 is 10.5 Å². The highest BCUT2D eigenvalue weighted by atomic mass is 16.5. The third-order valence-corrected chi connectivity index (χ3v) is 3.66. The van der Waals surface area contributed by atoms with Crippen LogP contribution in [0.3, 0.4) is 0 Å². The Labute approximate surface area is 117 Å². The molecule has 0 bridgehead atoms. The zero-order valence-corrected chi connectivity index (χ0v) is 12.7. The molecule has 0 radical (unpaired) electrons. The molecule has 0 aromatic heterocycles. The first kappa shape index (κ1) is 16.2. The van der Waals surface area contributed by atoms with Gasteiger partial charge in [0, 0.05) is 31.8 Å². The Hall–Kier alpha value is -0.900. The molecule has 0 fully saturated rings. The second kappa shape index (κ2) is 8.31. The molecule has 1 aromatic rings. The van der Waals surface area contributed by atoms with Crippen LogP contribution in [0, 0.1) is 0 Å². The summed E-state index contributed by atoms with van der Waals surface area (Å²) in [6.07, 6.45) is 1.04. The number of methoxy groups -OCH3 is 1. The van der Waals surface area contributed by atoms with Gasteiger partial charge in [-0.1, -0.05) is 37.3 Å². The van der Waals surface area contributed by atoms with Crippen molar-refractivity contribution in [2.45, 2.75) is 45.3 Å². The third kappa shape index (κ3) is 4.60. The van der Waals surface area contributed by atoms with Gasteiger partial charge in [-0.05, 0) is 25.8 Å². The standard InChI is InChI=1S/C16H28N2O/c1-5-15(18(13(2)3)11-12-19-4)16(17)14-9-7-6-8-10-14/h6-10,13,15-16H,5,11-12,17H2,1-4H3. The molecular weight excluding hydrogens is 236 g/mol. The van der Waals surface area contributed by atoms with E-state index in [-0.39, 0.29) is 6.04 Å². The number of nitrogens with zero attached hydrogens (tertiary/aromatic N) is 1. The van der Waals surface area contributed by atoms with Gasteiger partial charge in [0.25, 0.3) is 0 Å². The van der Waals surface area contributed by atoms with Gasteiger partial charge in [0.2, 0.25) is 0 Å². The maximum absolute atomic E-state index is 6.48. The smallest absolute Gasteiger partial charge is 0.0589 e. The third-order valence-electron chi connectivity index (χ3n) is 3.66. The molecular formula is C16H28N2O. The molecule has 108 valence electrons. The van der Waals surface area contributed by atoms with Crippen LogP contribution in [-0.2, 0) is 4.74 Å². The van der Waals surface area contributed by atoms with Gasteiger partial charge in [-0.15, -0.1) is 0 Å². The van der Waals surface area contributed by atoms with Crippen molar-refractivity contribution in [1.29, 1.82) is 0 Å². The fourth-order valence-electron chi connectivity index (χ4n) is 2.60. The minimum absolute atomic E-state index is 0.0467. The van der Waals surface area contributed by atoms with E-state index in [9.17, 15) is 0 Å². The molecule has 19 heavy (non-hydrogen) atoms. The lowest BCUT2D eigenvalue weighted by Crippen LogP contribution is -2.47. The van der Waals surface area contributed by atoms with Crippen LogP contribution in [0.1, 0.15) is 38.8 Å². The molecule has 0 aliphatic heterocycles. The number of ether oxygens (including phenoxy) is 1. The summed E-state index contributed by atoms with van der Waals surface area (Å²) in [7, 11) is 1.75. The van der Waals surface area contributed by atoms with Gasteiger partial charge in [0.15, 0.2) is 0 Å². The van der Waals surface area contributed by atoms with Crippen LogP contribution in [0.4, 0.5) is 0 Å². The summed E-state index contributed by atoms with van der Waals surface area (Å²) < 4.78 is 5.22. The van der Waals surface area contributed by atoms with E-state index in [1.54, 1.807) is 7.11 Å². The number of hydrogen-bond donors (Lipinski definition) is 1. The van der Waals surface area contributed by atoms with E-state index in [1.165, 1.54) is 5.56 Å². The van der Waals surface area contributed by atoms with Crippen LogP contribution in [0.25, 0.3) is 0 Å². The quantitative estimate of drug-likeness (QED) is 0.784. The van der Waals surface area contributed by atoms with Gasteiger partial charge in [0.1, 0.15) is 0 Å². The SMILES string of the molecule is CCC(C(N)c1ccccc1)N(CCOC)C(C)C. The molecule has 0 saturated carbocycles. The summed E-state index contributed by atoms with van der Waals surface area (Å²) in [6, 6.07) is 11.2. The summed E-state index contributed by atoms with van der Waals surface area (Å²) in [5.74, 6) is 0. The van der Waals surface area contributed by atoms with Crippen molar-refractivity contribution < 1.29 is 4.74 Å². The summed E-state index contributed by atoms with van der Waals surface area (Å²) in [6.45, 7) is 8.31. The molecule has 0 aliphatic carbocycles.